The Morgan fingerprint density at radius 1 is 1.26 bits per heavy atom. The maximum atomic E-state index is 10.6. The van der Waals surface area contributed by atoms with Crippen LogP contribution in [0.15, 0.2) is 18.5 Å². The van der Waals surface area contributed by atoms with Crippen LogP contribution in [0.5, 0.6) is 0 Å². The van der Waals surface area contributed by atoms with Gasteiger partial charge in [0.1, 0.15) is 0 Å². The standard InChI is InChI=1S/C15H24N4O.C2HF3O2/c1-20-11-10-18-9-5-15(12-18)4-2-8-19(13-15)14-16-6-3-7-17-14;3-2(4,5)1(6)7/h3,6-7H,2,4-5,8-13H2,1H3;(H,6,7). The third-order valence-electron chi connectivity index (χ3n) is 4.87. The lowest BCUT2D eigenvalue weighted by Crippen LogP contribution is -2.45. The summed E-state index contributed by atoms with van der Waals surface area (Å²) in [6, 6.07) is 1.88. The molecule has 0 radical (unpaired) electrons. The van der Waals surface area contributed by atoms with E-state index in [9.17, 15) is 13.2 Å². The number of methoxy groups -OCH3 is 1. The summed E-state index contributed by atoms with van der Waals surface area (Å²) in [6.45, 7) is 6.47. The summed E-state index contributed by atoms with van der Waals surface area (Å²) in [7, 11) is 1.78. The largest absolute Gasteiger partial charge is 0.490 e. The van der Waals surface area contributed by atoms with Crippen LogP contribution >= 0.6 is 0 Å². The van der Waals surface area contributed by atoms with E-state index in [1.807, 2.05) is 18.5 Å². The molecule has 3 rings (SSSR count). The lowest BCUT2D eigenvalue weighted by Gasteiger charge is -2.40. The number of aromatic nitrogens is 2. The molecule has 1 spiro atoms. The second-order valence-corrected chi connectivity index (χ2v) is 6.90. The molecule has 2 aliphatic rings. The van der Waals surface area contributed by atoms with E-state index in [2.05, 4.69) is 19.8 Å². The van der Waals surface area contributed by atoms with E-state index in [4.69, 9.17) is 14.6 Å². The van der Waals surface area contributed by atoms with Gasteiger partial charge in [0.15, 0.2) is 0 Å². The predicted molar refractivity (Wildman–Crippen MR) is 92.5 cm³/mol. The van der Waals surface area contributed by atoms with Crippen molar-refractivity contribution in [2.75, 3.05) is 51.3 Å². The van der Waals surface area contributed by atoms with Gasteiger partial charge < -0.3 is 19.6 Å². The minimum Gasteiger partial charge on any atom is -0.475 e. The topological polar surface area (TPSA) is 78.8 Å². The molecule has 2 aliphatic heterocycles. The van der Waals surface area contributed by atoms with Gasteiger partial charge in [0.25, 0.3) is 0 Å². The second kappa shape index (κ2) is 9.32. The summed E-state index contributed by atoms with van der Waals surface area (Å²) in [5.41, 5.74) is 0.436. The van der Waals surface area contributed by atoms with Crippen LogP contribution in [0.25, 0.3) is 0 Å². The fraction of sp³-hybridized carbons (Fsp3) is 0.706. The molecular formula is C17H25F3N4O3. The summed E-state index contributed by atoms with van der Waals surface area (Å²) in [6.07, 6.45) is 2.46. The predicted octanol–water partition coefficient (Wildman–Crippen LogP) is 2.05. The monoisotopic (exact) mass is 390 g/mol. The number of piperidine rings is 1. The molecule has 0 bridgehead atoms. The van der Waals surface area contributed by atoms with Crippen LogP contribution in [0, 0.1) is 5.41 Å². The van der Waals surface area contributed by atoms with E-state index < -0.39 is 12.1 Å². The number of nitrogens with zero attached hydrogens (tertiary/aromatic N) is 4. The Hall–Kier alpha value is -1.94. The Kier molecular flexibility index (Phi) is 7.37. The van der Waals surface area contributed by atoms with Crippen LogP contribution < -0.4 is 4.90 Å². The van der Waals surface area contributed by atoms with Gasteiger partial charge >= 0.3 is 12.1 Å². The Balaban J connectivity index is 0.000000321. The van der Waals surface area contributed by atoms with Crippen molar-refractivity contribution >= 4 is 11.9 Å². The maximum absolute atomic E-state index is 10.6. The summed E-state index contributed by atoms with van der Waals surface area (Å²) in [5, 5.41) is 7.12. The third kappa shape index (κ3) is 6.31. The minimum atomic E-state index is -5.08. The first-order valence-corrected chi connectivity index (χ1v) is 8.79. The van der Waals surface area contributed by atoms with Gasteiger partial charge in [-0.05, 0) is 31.9 Å². The van der Waals surface area contributed by atoms with Crippen LogP contribution in [-0.2, 0) is 9.53 Å². The molecule has 0 aliphatic carbocycles. The van der Waals surface area contributed by atoms with Gasteiger partial charge in [-0.2, -0.15) is 13.2 Å². The molecule has 1 aromatic rings. The average molecular weight is 390 g/mol. The molecule has 1 unspecified atom stereocenters. The second-order valence-electron chi connectivity index (χ2n) is 6.90. The van der Waals surface area contributed by atoms with Crippen molar-refractivity contribution in [3.63, 3.8) is 0 Å². The van der Waals surface area contributed by atoms with Gasteiger partial charge in [0.05, 0.1) is 6.61 Å². The SMILES string of the molecule is COCCN1CCC2(CCCN(c3ncccn3)C2)C1.O=C(O)C(F)(F)F. The van der Waals surface area contributed by atoms with Crippen molar-refractivity contribution < 1.29 is 27.8 Å². The minimum absolute atomic E-state index is 0.436. The smallest absolute Gasteiger partial charge is 0.475 e. The van der Waals surface area contributed by atoms with Crippen molar-refractivity contribution in [2.24, 2.45) is 5.41 Å². The lowest BCUT2D eigenvalue weighted by molar-refractivity contribution is -0.192. The summed E-state index contributed by atoms with van der Waals surface area (Å²) in [5.74, 6) is -1.87. The molecule has 0 aromatic carbocycles. The number of rotatable bonds is 4. The normalized spacial score (nSPS) is 23.2. The van der Waals surface area contributed by atoms with Crippen LogP contribution in [0.4, 0.5) is 19.1 Å². The van der Waals surface area contributed by atoms with Crippen molar-refractivity contribution in [3.8, 4) is 0 Å². The number of carbonyl (C=O) groups is 1. The van der Waals surface area contributed by atoms with Crippen LogP contribution in [-0.4, -0.2) is 78.6 Å². The van der Waals surface area contributed by atoms with E-state index in [0.717, 1.165) is 32.2 Å². The molecule has 2 saturated heterocycles. The molecule has 27 heavy (non-hydrogen) atoms. The summed E-state index contributed by atoms with van der Waals surface area (Å²) >= 11 is 0. The van der Waals surface area contributed by atoms with Crippen LogP contribution in [0.3, 0.4) is 0 Å². The van der Waals surface area contributed by atoms with Crippen molar-refractivity contribution in [3.05, 3.63) is 18.5 Å². The quantitative estimate of drug-likeness (QED) is 0.843. The van der Waals surface area contributed by atoms with E-state index in [1.54, 1.807) is 7.11 Å². The number of anilines is 1. The van der Waals surface area contributed by atoms with Crippen molar-refractivity contribution in [1.29, 1.82) is 0 Å². The molecule has 1 N–H and O–H groups in total. The molecule has 7 nitrogen and oxygen atoms in total. The third-order valence-corrected chi connectivity index (χ3v) is 4.87. The van der Waals surface area contributed by atoms with Gasteiger partial charge in [-0.25, -0.2) is 14.8 Å². The van der Waals surface area contributed by atoms with Gasteiger partial charge in [-0.3, -0.25) is 0 Å². The molecule has 1 aromatic heterocycles. The van der Waals surface area contributed by atoms with Gasteiger partial charge in [-0.1, -0.05) is 0 Å². The van der Waals surface area contributed by atoms with E-state index in [1.165, 1.54) is 32.4 Å². The fourth-order valence-corrected chi connectivity index (χ4v) is 3.61. The number of aliphatic carboxylic acids is 1. The van der Waals surface area contributed by atoms with E-state index >= 15 is 0 Å². The van der Waals surface area contributed by atoms with Crippen molar-refractivity contribution in [2.45, 2.75) is 25.4 Å². The summed E-state index contributed by atoms with van der Waals surface area (Å²) in [4.78, 5) is 22.6. The van der Waals surface area contributed by atoms with E-state index in [0.29, 0.717) is 5.41 Å². The fourth-order valence-electron chi connectivity index (χ4n) is 3.61. The van der Waals surface area contributed by atoms with Crippen LogP contribution in [0.1, 0.15) is 19.3 Å². The average Bonchev–Trinajstić information content (AvgIpc) is 3.02. The maximum Gasteiger partial charge on any atom is 0.490 e. The van der Waals surface area contributed by atoms with Gasteiger partial charge in [0.2, 0.25) is 5.95 Å². The van der Waals surface area contributed by atoms with Gasteiger partial charge in [0, 0.05) is 51.1 Å². The number of ether oxygens (including phenoxy) is 1. The van der Waals surface area contributed by atoms with Crippen molar-refractivity contribution in [1.82, 2.24) is 14.9 Å². The molecule has 10 heteroatoms. The van der Waals surface area contributed by atoms with Crippen LogP contribution in [0.2, 0.25) is 0 Å². The Labute approximate surface area is 156 Å². The zero-order chi connectivity index (χ0) is 19.9. The molecular weight excluding hydrogens is 365 g/mol. The number of alkyl halides is 3. The first-order valence-electron chi connectivity index (χ1n) is 8.79. The molecule has 0 amide bonds. The van der Waals surface area contributed by atoms with Gasteiger partial charge in [-0.15, -0.1) is 0 Å². The number of hydrogen-bond acceptors (Lipinski definition) is 6. The highest BCUT2D eigenvalue weighted by atomic mass is 19.4. The molecule has 152 valence electrons. The lowest BCUT2D eigenvalue weighted by atomic mass is 9.79. The molecule has 1 atom stereocenters. The number of carboxylic acids is 1. The summed E-state index contributed by atoms with van der Waals surface area (Å²) < 4.78 is 36.9. The number of hydrogen-bond donors (Lipinski definition) is 1. The highest BCUT2D eigenvalue weighted by Crippen LogP contribution is 2.39. The number of likely N-dealkylation sites (tertiary alicyclic amines) is 1. The molecule has 3 heterocycles. The Morgan fingerprint density at radius 2 is 1.93 bits per heavy atom. The molecule has 0 saturated carbocycles. The first-order chi connectivity index (χ1) is 12.8. The van der Waals surface area contributed by atoms with E-state index in [-0.39, 0.29) is 0 Å². The number of carboxylic acid groups (broad SMARTS) is 1. The first kappa shape index (κ1) is 21.4. The number of halogens is 3. The zero-order valence-electron chi connectivity index (χ0n) is 15.3. The Bertz CT molecular complexity index is 603. The molecule has 2 fully saturated rings. The highest BCUT2D eigenvalue weighted by molar-refractivity contribution is 5.73. The highest BCUT2D eigenvalue weighted by Gasteiger charge is 2.41. The Morgan fingerprint density at radius 3 is 2.52 bits per heavy atom. The zero-order valence-corrected chi connectivity index (χ0v) is 15.3.